The van der Waals surface area contributed by atoms with Crippen molar-refractivity contribution in [2.45, 2.75) is 6.92 Å². The van der Waals surface area contributed by atoms with Crippen LogP contribution in [0.5, 0.6) is 11.5 Å². The first-order valence-corrected chi connectivity index (χ1v) is 8.48. The Bertz CT molecular complexity index is 850. The number of anilines is 1. The van der Waals surface area contributed by atoms with Crippen molar-refractivity contribution in [1.82, 2.24) is 10.3 Å². The Morgan fingerprint density at radius 3 is 2.73 bits per heavy atom. The highest BCUT2D eigenvalue weighted by atomic mass is 32.1. The van der Waals surface area contributed by atoms with Crippen LogP contribution >= 0.6 is 11.3 Å². The number of hydrogen-bond acceptors (Lipinski definition) is 8. The van der Waals surface area contributed by atoms with E-state index in [1.807, 2.05) is 0 Å². The van der Waals surface area contributed by atoms with Gasteiger partial charge in [-0.25, -0.2) is 14.6 Å². The van der Waals surface area contributed by atoms with E-state index in [1.165, 1.54) is 5.51 Å². The molecular weight excluding hydrogens is 362 g/mol. The van der Waals surface area contributed by atoms with E-state index in [1.54, 1.807) is 25.1 Å². The molecule has 0 atom stereocenters. The molecule has 2 heterocycles. The van der Waals surface area contributed by atoms with Crippen LogP contribution in [-0.4, -0.2) is 42.7 Å². The van der Waals surface area contributed by atoms with Crippen molar-refractivity contribution in [1.29, 1.82) is 0 Å². The minimum atomic E-state index is -0.754. The SMILES string of the molecule is Cc1ncsc1C(=O)OCC(=O)NC(=O)Nc1ccc2c(c1)OCCO2. The first kappa shape index (κ1) is 17.7. The van der Waals surface area contributed by atoms with Gasteiger partial charge in [0.05, 0.1) is 11.2 Å². The zero-order chi connectivity index (χ0) is 18.5. The summed E-state index contributed by atoms with van der Waals surface area (Å²) in [6.07, 6.45) is 0. The summed E-state index contributed by atoms with van der Waals surface area (Å²) < 4.78 is 15.7. The molecule has 0 spiro atoms. The van der Waals surface area contributed by atoms with Crippen molar-refractivity contribution in [3.63, 3.8) is 0 Å². The first-order chi connectivity index (χ1) is 12.5. The Morgan fingerprint density at radius 2 is 2.00 bits per heavy atom. The van der Waals surface area contributed by atoms with Crippen molar-refractivity contribution in [2.75, 3.05) is 25.1 Å². The molecule has 0 aliphatic carbocycles. The van der Waals surface area contributed by atoms with E-state index in [-0.39, 0.29) is 0 Å². The van der Waals surface area contributed by atoms with Gasteiger partial charge in [-0.05, 0) is 19.1 Å². The third-order valence-corrected chi connectivity index (χ3v) is 4.23. The Morgan fingerprint density at radius 1 is 1.23 bits per heavy atom. The molecule has 26 heavy (non-hydrogen) atoms. The molecule has 1 aliphatic rings. The van der Waals surface area contributed by atoms with E-state index in [0.29, 0.717) is 41.0 Å². The maximum absolute atomic E-state index is 11.9. The number of thiazole rings is 1. The maximum Gasteiger partial charge on any atom is 0.350 e. The second-order valence-corrected chi connectivity index (χ2v) is 6.06. The number of nitrogens with zero attached hydrogens (tertiary/aromatic N) is 1. The Balaban J connectivity index is 1.48. The van der Waals surface area contributed by atoms with Crippen LogP contribution in [0.15, 0.2) is 23.7 Å². The van der Waals surface area contributed by atoms with Crippen LogP contribution in [0.25, 0.3) is 0 Å². The lowest BCUT2D eigenvalue weighted by molar-refractivity contribution is -0.123. The summed E-state index contributed by atoms with van der Waals surface area (Å²) in [5.74, 6) is -0.319. The molecule has 0 bridgehead atoms. The zero-order valence-electron chi connectivity index (χ0n) is 13.7. The number of imide groups is 1. The van der Waals surface area contributed by atoms with Crippen LogP contribution in [0.2, 0.25) is 0 Å². The van der Waals surface area contributed by atoms with Crippen LogP contribution in [0.3, 0.4) is 0 Å². The number of ether oxygens (including phenoxy) is 3. The molecule has 9 nitrogen and oxygen atoms in total. The number of fused-ring (bicyclic) bond motifs is 1. The van der Waals surface area contributed by atoms with Crippen molar-refractivity contribution >= 4 is 34.9 Å². The quantitative estimate of drug-likeness (QED) is 0.780. The molecule has 0 saturated carbocycles. The topological polar surface area (TPSA) is 116 Å². The Kier molecular flexibility index (Phi) is 5.32. The predicted molar refractivity (Wildman–Crippen MR) is 91.7 cm³/mol. The average Bonchev–Trinajstić information content (AvgIpc) is 3.05. The van der Waals surface area contributed by atoms with Gasteiger partial charge in [-0.2, -0.15) is 0 Å². The molecule has 0 radical (unpaired) electrons. The normalized spacial score (nSPS) is 12.2. The monoisotopic (exact) mass is 377 g/mol. The van der Waals surface area contributed by atoms with Gasteiger partial charge in [0.1, 0.15) is 18.1 Å². The number of aromatic nitrogens is 1. The highest BCUT2D eigenvalue weighted by Crippen LogP contribution is 2.32. The van der Waals surface area contributed by atoms with Crippen LogP contribution in [0, 0.1) is 6.92 Å². The summed E-state index contributed by atoms with van der Waals surface area (Å²) in [6, 6.07) is 4.11. The number of hydrogen-bond donors (Lipinski definition) is 2. The molecule has 1 aromatic heterocycles. The number of carbonyl (C=O) groups excluding carboxylic acids is 3. The maximum atomic E-state index is 11.9. The molecular formula is C16H15N3O6S. The standard InChI is InChI=1S/C16H15N3O6S/c1-9-14(26-8-17-9)15(21)25-7-13(20)19-16(22)18-10-2-3-11-12(6-10)24-5-4-23-11/h2-3,6,8H,4-5,7H2,1H3,(H2,18,19,20,22). The number of aryl methyl sites for hydroxylation is 1. The Hall–Kier alpha value is -3.14. The van der Waals surface area contributed by atoms with E-state index in [9.17, 15) is 14.4 Å². The molecule has 3 rings (SSSR count). The lowest BCUT2D eigenvalue weighted by Gasteiger charge is -2.19. The highest BCUT2D eigenvalue weighted by Gasteiger charge is 2.17. The molecule has 2 N–H and O–H groups in total. The first-order valence-electron chi connectivity index (χ1n) is 7.60. The fourth-order valence-electron chi connectivity index (χ4n) is 2.14. The van der Waals surface area contributed by atoms with Crippen LogP contribution in [0.1, 0.15) is 15.4 Å². The van der Waals surface area contributed by atoms with Gasteiger partial charge >= 0.3 is 12.0 Å². The van der Waals surface area contributed by atoms with Gasteiger partial charge in [0, 0.05) is 11.8 Å². The van der Waals surface area contributed by atoms with E-state index < -0.39 is 24.5 Å². The second kappa shape index (κ2) is 7.83. The van der Waals surface area contributed by atoms with E-state index in [4.69, 9.17) is 14.2 Å². The summed E-state index contributed by atoms with van der Waals surface area (Å²) in [5, 5.41) is 4.57. The van der Waals surface area contributed by atoms with Gasteiger partial charge in [0.15, 0.2) is 18.1 Å². The summed E-state index contributed by atoms with van der Waals surface area (Å²) in [6.45, 7) is 1.97. The van der Waals surface area contributed by atoms with Crippen LogP contribution in [0.4, 0.5) is 10.5 Å². The lowest BCUT2D eigenvalue weighted by Crippen LogP contribution is -2.37. The largest absolute Gasteiger partial charge is 0.486 e. The number of urea groups is 1. The molecule has 2 aromatic rings. The summed E-state index contributed by atoms with van der Waals surface area (Å²) in [4.78, 5) is 39.6. The fraction of sp³-hybridized carbons (Fsp3) is 0.250. The molecule has 136 valence electrons. The number of carbonyl (C=O) groups is 3. The third kappa shape index (κ3) is 4.28. The molecule has 3 amide bonds. The fourth-order valence-corrected chi connectivity index (χ4v) is 2.84. The van der Waals surface area contributed by atoms with Gasteiger partial charge in [-0.3, -0.25) is 10.1 Å². The highest BCUT2D eigenvalue weighted by molar-refractivity contribution is 7.11. The molecule has 0 unspecified atom stereocenters. The van der Waals surface area contributed by atoms with Gasteiger partial charge < -0.3 is 19.5 Å². The van der Waals surface area contributed by atoms with Crippen LogP contribution in [-0.2, 0) is 9.53 Å². The summed E-state index contributed by atoms with van der Waals surface area (Å²) in [5.41, 5.74) is 2.46. The van der Waals surface area contributed by atoms with E-state index in [0.717, 1.165) is 11.3 Å². The van der Waals surface area contributed by atoms with Crippen molar-refractivity contribution in [3.8, 4) is 11.5 Å². The number of benzene rings is 1. The average molecular weight is 377 g/mol. The summed E-state index contributed by atoms with van der Waals surface area (Å²) >= 11 is 1.12. The minimum Gasteiger partial charge on any atom is -0.486 e. The summed E-state index contributed by atoms with van der Waals surface area (Å²) in [7, 11) is 0. The van der Waals surface area contributed by atoms with Gasteiger partial charge in [0.25, 0.3) is 5.91 Å². The number of nitrogens with one attached hydrogen (secondary N) is 2. The van der Waals surface area contributed by atoms with Crippen molar-refractivity contribution in [2.24, 2.45) is 0 Å². The van der Waals surface area contributed by atoms with E-state index >= 15 is 0 Å². The minimum absolute atomic E-state index is 0.318. The molecule has 0 fully saturated rings. The zero-order valence-corrected chi connectivity index (χ0v) is 14.6. The number of rotatable bonds is 4. The Labute approximate surface area is 152 Å². The van der Waals surface area contributed by atoms with E-state index in [2.05, 4.69) is 15.6 Å². The molecule has 1 aliphatic heterocycles. The molecule has 1 aromatic carbocycles. The smallest absolute Gasteiger partial charge is 0.350 e. The molecule has 10 heteroatoms. The number of amides is 3. The second-order valence-electron chi connectivity index (χ2n) is 5.20. The van der Waals surface area contributed by atoms with Gasteiger partial charge in [-0.1, -0.05) is 0 Å². The number of esters is 1. The predicted octanol–water partition coefficient (Wildman–Crippen LogP) is 1.73. The third-order valence-electron chi connectivity index (χ3n) is 3.32. The van der Waals surface area contributed by atoms with Crippen molar-refractivity contribution < 1.29 is 28.6 Å². The molecule has 0 saturated heterocycles. The van der Waals surface area contributed by atoms with Crippen LogP contribution < -0.4 is 20.1 Å². The van der Waals surface area contributed by atoms with Crippen molar-refractivity contribution in [3.05, 3.63) is 34.3 Å². The lowest BCUT2D eigenvalue weighted by atomic mass is 10.2. The van der Waals surface area contributed by atoms with Gasteiger partial charge in [0.2, 0.25) is 0 Å². The van der Waals surface area contributed by atoms with Gasteiger partial charge in [-0.15, -0.1) is 11.3 Å².